The number of hydrogen-bond acceptors (Lipinski definition) is 4. The monoisotopic (exact) mass is 368 g/mol. The van der Waals surface area contributed by atoms with Crippen molar-refractivity contribution in [1.29, 1.82) is 0 Å². The summed E-state index contributed by atoms with van der Waals surface area (Å²) in [7, 11) is 0. The van der Waals surface area contributed by atoms with Crippen molar-refractivity contribution in [1.82, 2.24) is 21.1 Å². The zero-order valence-corrected chi connectivity index (χ0v) is 15.6. The van der Waals surface area contributed by atoms with Crippen LogP contribution in [0.15, 0.2) is 30.3 Å². The molecular formula is C21H28N4O2. The minimum absolute atomic E-state index is 0.0616. The van der Waals surface area contributed by atoms with Gasteiger partial charge in [-0.3, -0.25) is 15.0 Å². The normalized spacial score (nSPS) is 32.7. The Morgan fingerprint density at radius 2 is 1.81 bits per heavy atom. The third-order valence-corrected chi connectivity index (χ3v) is 6.96. The molecule has 2 amide bonds. The second kappa shape index (κ2) is 6.60. The maximum Gasteiger partial charge on any atom is 0.241 e. The number of likely N-dealkylation sites (tertiary alicyclic amines) is 1. The molecule has 1 aromatic carbocycles. The first-order chi connectivity index (χ1) is 13.1. The molecule has 6 heteroatoms. The van der Waals surface area contributed by atoms with E-state index in [2.05, 4.69) is 16.2 Å². The van der Waals surface area contributed by atoms with Crippen LogP contribution in [0, 0.1) is 5.92 Å². The minimum atomic E-state index is -0.147. The van der Waals surface area contributed by atoms with E-state index < -0.39 is 0 Å². The molecule has 3 heterocycles. The number of amides is 2. The van der Waals surface area contributed by atoms with Crippen LogP contribution < -0.4 is 16.2 Å². The van der Waals surface area contributed by atoms with Crippen molar-refractivity contribution < 1.29 is 9.59 Å². The number of hydrazine groups is 1. The summed E-state index contributed by atoms with van der Waals surface area (Å²) in [6, 6.07) is 10.4. The SMILES string of the molecule is O=C1NC2(CCN(C(=O)C3CC(C4CC4)NN3)CC2)CC1c1ccccc1. The van der Waals surface area contributed by atoms with Crippen LogP contribution in [0.3, 0.4) is 0 Å². The fourth-order valence-corrected chi connectivity index (χ4v) is 5.09. The number of nitrogens with one attached hydrogen (secondary N) is 3. The van der Waals surface area contributed by atoms with Gasteiger partial charge in [-0.05, 0) is 50.0 Å². The quantitative estimate of drug-likeness (QED) is 0.752. The number of hydrogen-bond donors (Lipinski definition) is 3. The molecule has 144 valence electrons. The van der Waals surface area contributed by atoms with E-state index in [0.29, 0.717) is 6.04 Å². The van der Waals surface area contributed by atoms with Gasteiger partial charge in [0, 0.05) is 24.7 Å². The molecule has 5 rings (SSSR count). The highest BCUT2D eigenvalue weighted by atomic mass is 16.2. The van der Waals surface area contributed by atoms with Crippen molar-refractivity contribution in [3.8, 4) is 0 Å². The molecular weight excluding hydrogens is 340 g/mol. The van der Waals surface area contributed by atoms with E-state index in [1.807, 2.05) is 35.2 Å². The summed E-state index contributed by atoms with van der Waals surface area (Å²) in [6.07, 6.45) is 6.01. The number of rotatable bonds is 3. The lowest BCUT2D eigenvalue weighted by Crippen LogP contribution is -2.55. The van der Waals surface area contributed by atoms with Gasteiger partial charge in [0.15, 0.2) is 0 Å². The molecule has 4 fully saturated rings. The molecule has 3 saturated heterocycles. The van der Waals surface area contributed by atoms with Gasteiger partial charge in [0.2, 0.25) is 11.8 Å². The van der Waals surface area contributed by atoms with E-state index in [1.54, 1.807) is 0 Å². The Labute approximate surface area is 160 Å². The van der Waals surface area contributed by atoms with Gasteiger partial charge in [0.05, 0.1) is 5.92 Å². The average Bonchev–Trinajstić information content (AvgIpc) is 3.34. The maximum atomic E-state index is 12.9. The Bertz CT molecular complexity index is 725. The van der Waals surface area contributed by atoms with Gasteiger partial charge in [-0.25, -0.2) is 5.43 Å². The zero-order valence-electron chi connectivity index (χ0n) is 15.6. The molecule has 1 aliphatic carbocycles. The van der Waals surface area contributed by atoms with Gasteiger partial charge in [0.1, 0.15) is 6.04 Å². The first-order valence-electron chi connectivity index (χ1n) is 10.3. The molecule has 0 bridgehead atoms. The minimum Gasteiger partial charge on any atom is -0.350 e. The van der Waals surface area contributed by atoms with Crippen molar-refractivity contribution in [2.75, 3.05) is 13.1 Å². The summed E-state index contributed by atoms with van der Waals surface area (Å²) in [5, 5.41) is 3.27. The van der Waals surface area contributed by atoms with Crippen molar-refractivity contribution in [2.24, 2.45) is 5.92 Å². The van der Waals surface area contributed by atoms with Crippen LogP contribution in [-0.2, 0) is 9.59 Å². The summed E-state index contributed by atoms with van der Waals surface area (Å²) < 4.78 is 0. The predicted octanol–water partition coefficient (Wildman–Crippen LogP) is 1.30. The van der Waals surface area contributed by atoms with Gasteiger partial charge in [-0.15, -0.1) is 0 Å². The Morgan fingerprint density at radius 1 is 1.07 bits per heavy atom. The van der Waals surface area contributed by atoms with Crippen LogP contribution in [-0.4, -0.2) is 47.4 Å². The van der Waals surface area contributed by atoms with Crippen LogP contribution in [0.5, 0.6) is 0 Å². The maximum absolute atomic E-state index is 12.9. The molecule has 27 heavy (non-hydrogen) atoms. The van der Waals surface area contributed by atoms with E-state index >= 15 is 0 Å². The fourth-order valence-electron chi connectivity index (χ4n) is 5.09. The summed E-state index contributed by atoms with van der Waals surface area (Å²) in [4.78, 5) is 27.4. The molecule has 1 spiro atoms. The van der Waals surface area contributed by atoms with Crippen LogP contribution in [0.4, 0.5) is 0 Å². The number of benzene rings is 1. The Morgan fingerprint density at radius 3 is 2.52 bits per heavy atom. The first-order valence-corrected chi connectivity index (χ1v) is 10.3. The molecule has 1 aromatic rings. The smallest absolute Gasteiger partial charge is 0.241 e. The van der Waals surface area contributed by atoms with E-state index in [9.17, 15) is 9.59 Å². The average molecular weight is 368 g/mol. The van der Waals surface area contributed by atoms with Crippen molar-refractivity contribution >= 4 is 11.8 Å². The van der Waals surface area contributed by atoms with Gasteiger partial charge >= 0.3 is 0 Å². The zero-order chi connectivity index (χ0) is 18.4. The van der Waals surface area contributed by atoms with Crippen molar-refractivity contribution in [3.05, 3.63) is 35.9 Å². The topological polar surface area (TPSA) is 73.5 Å². The number of carbonyl (C=O) groups is 2. The molecule has 3 atom stereocenters. The van der Waals surface area contributed by atoms with Crippen LogP contribution in [0.2, 0.25) is 0 Å². The Balaban J connectivity index is 1.19. The van der Waals surface area contributed by atoms with Gasteiger partial charge in [-0.1, -0.05) is 30.3 Å². The Kier molecular flexibility index (Phi) is 4.20. The molecule has 3 unspecified atom stereocenters. The first kappa shape index (κ1) is 17.2. The molecule has 4 aliphatic rings. The summed E-state index contributed by atoms with van der Waals surface area (Å²) >= 11 is 0. The number of piperidine rings is 1. The highest BCUT2D eigenvalue weighted by Crippen LogP contribution is 2.40. The highest BCUT2D eigenvalue weighted by Gasteiger charge is 2.47. The molecule has 1 saturated carbocycles. The second-order valence-electron chi connectivity index (χ2n) is 8.78. The molecule has 3 N–H and O–H groups in total. The lowest BCUT2D eigenvalue weighted by atomic mass is 9.81. The second-order valence-corrected chi connectivity index (χ2v) is 8.78. The molecule has 0 radical (unpaired) electrons. The van der Waals surface area contributed by atoms with Gasteiger partial charge in [-0.2, -0.15) is 0 Å². The van der Waals surface area contributed by atoms with E-state index in [-0.39, 0.29) is 29.3 Å². The number of carbonyl (C=O) groups excluding carboxylic acids is 2. The van der Waals surface area contributed by atoms with E-state index in [0.717, 1.165) is 50.3 Å². The van der Waals surface area contributed by atoms with Crippen LogP contribution in [0.25, 0.3) is 0 Å². The predicted molar refractivity (Wildman–Crippen MR) is 102 cm³/mol. The van der Waals surface area contributed by atoms with E-state index in [4.69, 9.17) is 0 Å². The standard InChI is InChI=1S/C21H28N4O2/c26-19-16(14-4-2-1-3-5-14)13-21(22-19)8-10-25(11-9-21)20(27)18-12-17(23-24-18)15-6-7-15/h1-5,15-18,23-24H,6-13H2,(H,22,26). The van der Waals surface area contributed by atoms with Crippen molar-refractivity contribution in [2.45, 2.75) is 62.1 Å². The van der Waals surface area contributed by atoms with Gasteiger partial charge in [0.25, 0.3) is 0 Å². The third kappa shape index (κ3) is 3.25. The molecule has 3 aliphatic heterocycles. The molecule has 0 aromatic heterocycles. The van der Waals surface area contributed by atoms with E-state index in [1.165, 1.54) is 12.8 Å². The summed E-state index contributed by atoms with van der Waals surface area (Å²) in [5.74, 6) is 1.04. The third-order valence-electron chi connectivity index (χ3n) is 6.96. The summed E-state index contributed by atoms with van der Waals surface area (Å²) in [6.45, 7) is 1.46. The molecule has 6 nitrogen and oxygen atoms in total. The van der Waals surface area contributed by atoms with Crippen LogP contribution >= 0.6 is 0 Å². The fraction of sp³-hybridized carbons (Fsp3) is 0.619. The highest BCUT2D eigenvalue weighted by molar-refractivity contribution is 5.87. The lowest BCUT2D eigenvalue weighted by molar-refractivity contribution is -0.134. The summed E-state index contributed by atoms with van der Waals surface area (Å²) in [5.41, 5.74) is 7.47. The van der Waals surface area contributed by atoms with Crippen molar-refractivity contribution in [3.63, 3.8) is 0 Å². The Hall–Kier alpha value is -1.92. The van der Waals surface area contributed by atoms with Gasteiger partial charge < -0.3 is 10.2 Å². The van der Waals surface area contributed by atoms with Crippen LogP contribution in [0.1, 0.15) is 50.0 Å². The largest absolute Gasteiger partial charge is 0.350 e. The lowest BCUT2D eigenvalue weighted by Gasteiger charge is -2.40. The number of nitrogens with zero attached hydrogens (tertiary/aromatic N) is 1.